The van der Waals surface area contributed by atoms with Crippen LogP contribution in [0.5, 0.6) is 0 Å². The van der Waals surface area contributed by atoms with Gasteiger partial charge in [-0.05, 0) is 11.6 Å². The molecule has 1 heterocycles. The van der Waals surface area contributed by atoms with Crippen LogP contribution in [0.2, 0.25) is 5.02 Å². The monoisotopic (exact) mass is 314 g/mol. The fourth-order valence-corrected chi connectivity index (χ4v) is 2.41. The van der Waals surface area contributed by atoms with E-state index in [4.69, 9.17) is 21.1 Å². The first-order valence-corrected chi connectivity index (χ1v) is 6.73. The van der Waals surface area contributed by atoms with E-state index in [1.165, 1.54) is 19.2 Å². The van der Waals surface area contributed by atoms with Gasteiger partial charge in [0.15, 0.2) is 0 Å². The molecule has 114 valence electrons. The van der Waals surface area contributed by atoms with Gasteiger partial charge in [-0.1, -0.05) is 11.6 Å². The summed E-state index contributed by atoms with van der Waals surface area (Å²) in [5, 5.41) is 11.0. The number of hydrogen-bond acceptors (Lipinski definition) is 6. The Balaban J connectivity index is 2.15. The molecular formula is C13H15ClN2O5. The molecule has 0 aliphatic carbocycles. The molecule has 1 unspecified atom stereocenters. The van der Waals surface area contributed by atoms with Crippen molar-refractivity contribution >= 4 is 23.3 Å². The fourth-order valence-electron chi connectivity index (χ4n) is 2.18. The van der Waals surface area contributed by atoms with Crippen molar-refractivity contribution in [2.24, 2.45) is 0 Å². The van der Waals surface area contributed by atoms with Gasteiger partial charge in [0.05, 0.1) is 30.3 Å². The Morgan fingerprint density at radius 1 is 1.62 bits per heavy atom. The smallest absolute Gasteiger partial charge is 0.325 e. The van der Waals surface area contributed by atoms with Crippen LogP contribution in [0.25, 0.3) is 0 Å². The van der Waals surface area contributed by atoms with Crippen LogP contribution in [-0.2, 0) is 20.8 Å². The summed E-state index contributed by atoms with van der Waals surface area (Å²) < 4.78 is 10.0. The number of methoxy groups -OCH3 is 1. The summed E-state index contributed by atoms with van der Waals surface area (Å²) >= 11 is 6.08. The van der Waals surface area contributed by atoms with Crippen LogP contribution < -0.4 is 0 Å². The lowest BCUT2D eigenvalue weighted by Crippen LogP contribution is -2.49. The third-order valence-electron chi connectivity index (χ3n) is 3.33. The maximum atomic E-state index is 11.7. The lowest BCUT2D eigenvalue weighted by Gasteiger charge is -2.33. The maximum Gasteiger partial charge on any atom is 0.325 e. The van der Waals surface area contributed by atoms with Crippen molar-refractivity contribution in [2.45, 2.75) is 12.6 Å². The molecule has 21 heavy (non-hydrogen) atoms. The molecule has 0 radical (unpaired) electrons. The van der Waals surface area contributed by atoms with E-state index in [0.717, 1.165) is 5.56 Å². The van der Waals surface area contributed by atoms with Crippen molar-refractivity contribution in [1.82, 2.24) is 4.90 Å². The second-order valence-electron chi connectivity index (χ2n) is 4.62. The number of ether oxygens (including phenoxy) is 2. The molecule has 2 rings (SSSR count). The highest BCUT2D eigenvalue weighted by atomic mass is 35.5. The normalized spacial score (nSPS) is 19.2. The van der Waals surface area contributed by atoms with Crippen LogP contribution >= 0.6 is 11.6 Å². The van der Waals surface area contributed by atoms with Crippen LogP contribution in [-0.4, -0.2) is 48.7 Å². The molecule has 7 nitrogen and oxygen atoms in total. The van der Waals surface area contributed by atoms with Gasteiger partial charge in [-0.25, -0.2) is 0 Å². The number of hydrogen-bond donors (Lipinski definition) is 0. The molecule has 0 N–H and O–H groups in total. The summed E-state index contributed by atoms with van der Waals surface area (Å²) in [5.74, 6) is -0.368. The first-order chi connectivity index (χ1) is 10.0. The van der Waals surface area contributed by atoms with Gasteiger partial charge in [0, 0.05) is 25.2 Å². The fraction of sp³-hybridized carbons (Fsp3) is 0.462. The minimum Gasteiger partial charge on any atom is -0.468 e. The number of nitro groups is 1. The molecule has 0 saturated carbocycles. The zero-order valence-electron chi connectivity index (χ0n) is 11.5. The van der Waals surface area contributed by atoms with Crippen molar-refractivity contribution in [2.75, 3.05) is 26.9 Å². The number of carbonyl (C=O) groups is 1. The summed E-state index contributed by atoms with van der Waals surface area (Å²) in [6, 6.07) is 3.82. The van der Waals surface area contributed by atoms with Crippen LogP contribution in [0.1, 0.15) is 5.56 Å². The Hall–Kier alpha value is -1.70. The van der Waals surface area contributed by atoms with Gasteiger partial charge in [-0.3, -0.25) is 19.8 Å². The largest absolute Gasteiger partial charge is 0.468 e. The number of morpholine rings is 1. The average molecular weight is 315 g/mol. The van der Waals surface area contributed by atoms with E-state index in [-0.39, 0.29) is 18.3 Å². The van der Waals surface area contributed by atoms with Crippen LogP contribution in [0.4, 0.5) is 5.69 Å². The number of nitro benzene ring substituents is 1. The molecule has 1 saturated heterocycles. The van der Waals surface area contributed by atoms with Crippen LogP contribution in [0, 0.1) is 10.1 Å². The van der Waals surface area contributed by atoms with E-state index in [9.17, 15) is 14.9 Å². The SMILES string of the molecule is COC(=O)C1COCCN1Cc1ccc([N+](=O)[O-])cc1Cl. The third-order valence-corrected chi connectivity index (χ3v) is 3.69. The standard InChI is InChI=1S/C13H15ClN2O5/c1-20-13(17)12-8-21-5-4-15(12)7-9-2-3-10(16(18)19)6-11(9)14/h2-3,6,12H,4-5,7-8H2,1H3. The quantitative estimate of drug-likeness (QED) is 0.477. The van der Waals surface area contributed by atoms with Gasteiger partial charge in [-0.2, -0.15) is 0 Å². The highest BCUT2D eigenvalue weighted by molar-refractivity contribution is 6.31. The molecule has 1 aliphatic heterocycles. The minimum absolute atomic E-state index is 0.0600. The second kappa shape index (κ2) is 6.84. The number of esters is 1. The molecule has 0 spiro atoms. The first-order valence-electron chi connectivity index (χ1n) is 6.35. The Labute approximate surface area is 126 Å². The maximum absolute atomic E-state index is 11.7. The van der Waals surface area contributed by atoms with E-state index in [0.29, 0.717) is 24.7 Å². The van der Waals surface area contributed by atoms with Crippen LogP contribution in [0.3, 0.4) is 0 Å². The molecule has 0 amide bonds. The van der Waals surface area contributed by atoms with Gasteiger partial charge < -0.3 is 9.47 Å². The van der Waals surface area contributed by atoms with E-state index in [1.54, 1.807) is 6.07 Å². The lowest BCUT2D eigenvalue weighted by atomic mass is 10.1. The number of nitrogens with zero attached hydrogens (tertiary/aromatic N) is 2. The number of halogens is 1. The second-order valence-corrected chi connectivity index (χ2v) is 5.02. The van der Waals surface area contributed by atoms with E-state index < -0.39 is 11.0 Å². The number of rotatable bonds is 4. The molecule has 1 fully saturated rings. The van der Waals surface area contributed by atoms with Gasteiger partial charge in [-0.15, -0.1) is 0 Å². The van der Waals surface area contributed by atoms with Crippen molar-refractivity contribution in [3.8, 4) is 0 Å². The van der Waals surface area contributed by atoms with Crippen molar-refractivity contribution in [3.63, 3.8) is 0 Å². The molecule has 1 aromatic carbocycles. The number of non-ortho nitro benzene ring substituents is 1. The Kier molecular flexibility index (Phi) is 5.11. The zero-order chi connectivity index (χ0) is 15.4. The van der Waals surface area contributed by atoms with E-state index >= 15 is 0 Å². The molecule has 1 atom stereocenters. The molecule has 1 aliphatic rings. The minimum atomic E-state index is -0.498. The molecule has 1 aromatic rings. The Bertz CT molecular complexity index is 551. The number of carbonyl (C=O) groups excluding carboxylic acids is 1. The van der Waals surface area contributed by atoms with Crippen molar-refractivity contribution in [1.29, 1.82) is 0 Å². The predicted octanol–water partition coefficient (Wildman–Crippen LogP) is 1.62. The highest BCUT2D eigenvalue weighted by Crippen LogP contribution is 2.25. The zero-order valence-corrected chi connectivity index (χ0v) is 12.2. The third kappa shape index (κ3) is 3.69. The van der Waals surface area contributed by atoms with Gasteiger partial charge in [0.1, 0.15) is 6.04 Å². The van der Waals surface area contributed by atoms with Crippen molar-refractivity contribution in [3.05, 3.63) is 38.9 Å². The van der Waals surface area contributed by atoms with Crippen molar-refractivity contribution < 1.29 is 19.2 Å². The highest BCUT2D eigenvalue weighted by Gasteiger charge is 2.30. The predicted molar refractivity (Wildman–Crippen MR) is 75.1 cm³/mol. The Morgan fingerprint density at radius 2 is 2.38 bits per heavy atom. The molecule has 0 aromatic heterocycles. The first kappa shape index (κ1) is 15.7. The van der Waals surface area contributed by atoms with Crippen LogP contribution in [0.15, 0.2) is 18.2 Å². The molecule has 0 bridgehead atoms. The topological polar surface area (TPSA) is 81.9 Å². The summed E-state index contributed by atoms with van der Waals surface area (Å²) in [6.45, 7) is 1.74. The van der Waals surface area contributed by atoms with E-state index in [1.807, 2.05) is 4.90 Å². The van der Waals surface area contributed by atoms with Gasteiger partial charge in [0.2, 0.25) is 0 Å². The summed E-state index contributed by atoms with van der Waals surface area (Å²) in [5.41, 5.74) is 0.660. The Morgan fingerprint density at radius 3 is 3.00 bits per heavy atom. The van der Waals surface area contributed by atoms with Gasteiger partial charge in [0.25, 0.3) is 5.69 Å². The lowest BCUT2D eigenvalue weighted by molar-refractivity contribution is -0.384. The summed E-state index contributed by atoms with van der Waals surface area (Å²) in [6.07, 6.45) is 0. The summed E-state index contributed by atoms with van der Waals surface area (Å²) in [7, 11) is 1.33. The summed E-state index contributed by atoms with van der Waals surface area (Å²) in [4.78, 5) is 23.8. The van der Waals surface area contributed by atoms with Gasteiger partial charge >= 0.3 is 5.97 Å². The van der Waals surface area contributed by atoms with E-state index in [2.05, 4.69) is 0 Å². The molecule has 8 heteroatoms. The average Bonchev–Trinajstić information content (AvgIpc) is 2.49. The number of benzene rings is 1. The molecular weight excluding hydrogens is 300 g/mol.